The van der Waals surface area contributed by atoms with Crippen molar-refractivity contribution in [3.8, 4) is 0 Å². The monoisotopic (exact) mass is 260 g/mol. The van der Waals surface area contributed by atoms with E-state index in [2.05, 4.69) is 45.9 Å². The molecular formula is C18H28O. The maximum atomic E-state index is 12.1. The van der Waals surface area contributed by atoms with Crippen LogP contribution in [0.5, 0.6) is 0 Å². The number of hydrogen-bond acceptors (Lipinski definition) is 1. The lowest BCUT2D eigenvalue weighted by molar-refractivity contribution is -0.119. The zero-order chi connectivity index (χ0) is 14.3. The fourth-order valence-electron chi connectivity index (χ4n) is 2.48. The molecule has 1 aromatic carbocycles. The van der Waals surface area contributed by atoms with Gasteiger partial charge in [-0.3, -0.25) is 4.79 Å². The molecule has 0 radical (unpaired) electrons. The number of carbonyl (C=O) groups excluding carboxylic acids is 1. The van der Waals surface area contributed by atoms with E-state index in [4.69, 9.17) is 0 Å². The van der Waals surface area contributed by atoms with E-state index in [0.29, 0.717) is 18.1 Å². The Hall–Kier alpha value is -1.11. The van der Waals surface area contributed by atoms with Gasteiger partial charge in [-0.05, 0) is 36.5 Å². The molecule has 1 aromatic rings. The summed E-state index contributed by atoms with van der Waals surface area (Å²) in [6.45, 7) is 8.63. The Morgan fingerprint density at radius 1 is 1.16 bits per heavy atom. The largest absolute Gasteiger partial charge is 0.299 e. The first-order chi connectivity index (χ1) is 9.06. The molecule has 1 atom stereocenters. The van der Waals surface area contributed by atoms with Gasteiger partial charge in [0.05, 0.1) is 0 Å². The van der Waals surface area contributed by atoms with Gasteiger partial charge in [-0.15, -0.1) is 0 Å². The van der Waals surface area contributed by atoms with Crippen LogP contribution in [0, 0.1) is 19.8 Å². The molecule has 0 saturated carbocycles. The average Bonchev–Trinajstić information content (AvgIpc) is 2.38. The topological polar surface area (TPSA) is 17.1 Å². The molecular weight excluding hydrogens is 232 g/mol. The lowest BCUT2D eigenvalue weighted by Crippen LogP contribution is -2.10. The van der Waals surface area contributed by atoms with Crippen molar-refractivity contribution in [2.24, 2.45) is 5.92 Å². The maximum absolute atomic E-state index is 12.1. The number of unbranched alkanes of at least 4 members (excludes halogenated alkanes) is 1. The van der Waals surface area contributed by atoms with Crippen molar-refractivity contribution in [2.45, 2.75) is 66.2 Å². The van der Waals surface area contributed by atoms with Gasteiger partial charge >= 0.3 is 0 Å². The van der Waals surface area contributed by atoms with E-state index in [1.54, 1.807) is 0 Å². The summed E-state index contributed by atoms with van der Waals surface area (Å²) in [6, 6.07) is 6.36. The standard InChI is InChI=1S/C18H28O/c1-5-7-8-16(6-2)12-18(19)13-17-10-9-14(3)15(4)11-17/h9-11,16H,5-8,12-13H2,1-4H3. The zero-order valence-corrected chi connectivity index (χ0v) is 13.0. The molecule has 1 heteroatoms. The molecule has 0 aliphatic heterocycles. The molecule has 0 saturated heterocycles. The first-order valence-electron chi connectivity index (χ1n) is 7.64. The van der Waals surface area contributed by atoms with E-state index in [0.717, 1.165) is 12.8 Å². The molecule has 0 aliphatic rings. The highest BCUT2D eigenvalue weighted by atomic mass is 16.1. The molecule has 0 aromatic heterocycles. The number of carbonyl (C=O) groups is 1. The summed E-state index contributed by atoms with van der Waals surface area (Å²) in [6.07, 6.45) is 6.15. The highest BCUT2D eigenvalue weighted by Crippen LogP contribution is 2.19. The Labute approximate surface area is 118 Å². The van der Waals surface area contributed by atoms with Crippen LogP contribution in [-0.2, 0) is 11.2 Å². The molecule has 0 bridgehead atoms. The summed E-state index contributed by atoms with van der Waals surface area (Å²) < 4.78 is 0. The summed E-state index contributed by atoms with van der Waals surface area (Å²) >= 11 is 0. The molecule has 0 amide bonds. The highest BCUT2D eigenvalue weighted by Gasteiger charge is 2.12. The smallest absolute Gasteiger partial charge is 0.137 e. The Morgan fingerprint density at radius 3 is 2.47 bits per heavy atom. The molecule has 1 rings (SSSR count). The minimum absolute atomic E-state index is 0.395. The van der Waals surface area contributed by atoms with Gasteiger partial charge in [-0.1, -0.05) is 57.7 Å². The summed E-state index contributed by atoms with van der Waals surface area (Å²) in [5.41, 5.74) is 3.74. The van der Waals surface area contributed by atoms with Crippen molar-refractivity contribution in [2.75, 3.05) is 0 Å². The van der Waals surface area contributed by atoms with E-state index in [-0.39, 0.29) is 0 Å². The van der Waals surface area contributed by atoms with Gasteiger partial charge in [0.1, 0.15) is 5.78 Å². The van der Waals surface area contributed by atoms with Crippen LogP contribution in [-0.4, -0.2) is 5.78 Å². The number of hydrogen-bond donors (Lipinski definition) is 0. The van der Waals surface area contributed by atoms with Crippen molar-refractivity contribution in [1.82, 2.24) is 0 Å². The highest BCUT2D eigenvalue weighted by molar-refractivity contribution is 5.81. The molecule has 0 heterocycles. The third-order valence-corrected chi connectivity index (χ3v) is 4.03. The van der Waals surface area contributed by atoms with Gasteiger partial charge in [0.25, 0.3) is 0 Å². The van der Waals surface area contributed by atoms with Crippen LogP contribution < -0.4 is 0 Å². The number of benzene rings is 1. The van der Waals surface area contributed by atoms with Crippen LogP contribution in [0.15, 0.2) is 18.2 Å². The SMILES string of the molecule is CCCCC(CC)CC(=O)Cc1ccc(C)c(C)c1. The van der Waals surface area contributed by atoms with Gasteiger partial charge < -0.3 is 0 Å². The molecule has 0 N–H and O–H groups in total. The molecule has 1 unspecified atom stereocenters. The van der Waals surface area contributed by atoms with Crippen LogP contribution >= 0.6 is 0 Å². The van der Waals surface area contributed by atoms with Crippen LogP contribution in [0.1, 0.15) is 62.6 Å². The van der Waals surface area contributed by atoms with Crippen molar-refractivity contribution in [3.63, 3.8) is 0 Å². The second kappa shape index (κ2) is 8.14. The van der Waals surface area contributed by atoms with Crippen molar-refractivity contribution < 1.29 is 4.79 Å². The lowest BCUT2D eigenvalue weighted by Gasteiger charge is -2.13. The van der Waals surface area contributed by atoms with Crippen LogP contribution in [0.4, 0.5) is 0 Å². The Bertz CT molecular complexity index is 406. The molecule has 106 valence electrons. The van der Waals surface area contributed by atoms with Crippen molar-refractivity contribution in [1.29, 1.82) is 0 Å². The van der Waals surface area contributed by atoms with E-state index in [1.807, 2.05) is 0 Å². The fraction of sp³-hybridized carbons (Fsp3) is 0.611. The Kier molecular flexibility index (Phi) is 6.83. The normalized spacial score (nSPS) is 12.4. The third kappa shape index (κ3) is 5.59. The number of Topliss-reactive ketones (excluding diaryl/α,β-unsaturated/α-hetero) is 1. The number of rotatable bonds is 8. The van der Waals surface area contributed by atoms with E-state index >= 15 is 0 Å². The first-order valence-corrected chi connectivity index (χ1v) is 7.64. The molecule has 0 spiro atoms. The average molecular weight is 260 g/mol. The summed E-state index contributed by atoms with van der Waals surface area (Å²) in [5.74, 6) is 0.977. The van der Waals surface area contributed by atoms with Crippen LogP contribution in [0.2, 0.25) is 0 Å². The van der Waals surface area contributed by atoms with Gasteiger partial charge in [0.2, 0.25) is 0 Å². The van der Waals surface area contributed by atoms with Crippen molar-refractivity contribution >= 4 is 5.78 Å². The summed E-state index contributed by atoms with van der Waals surface area (Å²) in [7, 11) is 0. The number of aryl methyl sites for hydroxylation is 2. The Balaban J connectivity index is 2.51. The maximum Gasteiger partial charge on any atom is 0.137 e. The minimum Gasteiger partial charge on any atom is -0.299 e. The second-order valence-electron chi connectivity index (χ2n) is 5.75. The molecule has 19 heavy (non-hydrogen) atoms. The molecule has 0 fully saturated rings. The number of ketones is 1. The van der Waals surface area contributed by atoms with E-state index < -0.39 is 0 Å². The van der Waals surface area contributed by atoms with Crippen LogP contribution in [0.3, 0.4) is 0 Å². The molecule has 0 aliphatic carbocycles. The van der Waals surface area contributed by atoms with Crippen LogP contribution in [0.25, 0.3) is 0 Å². The zero-order valence-electron chi connectivity index (χ0n) is 13.0. The van der Waals surface area contributed by atoms with E-state index in [1.165, 1.54) is 36.0 Å². The Morgan fingerprint density at radius 2 is 1.89 bits per heavy atom. The van der Waals surface area contributed by atoms with Gasteiger partial charge in [0.15, 0.2) is 0 Å². The predicted octanol–water partition coefficient (Wildman–Crippen LogP) is 5.02. The first kappa shape index (κ1) is 15.9. The van der Waals surface area contributed by atoms with Gasteiger partial charge in [-0.2, -0.15) is 0 Å². The molecule has 1 nitrogen and oxygen atoms in total. The fourth-order valence-corrected chi connectivity index (χ4v) is 2.48. The van der Waals surface area contributed by atoms with Gasteiger partial charge in [-0.25, -0.2) is 0 Å². The summed E-state index contributed by atoms with van der Waals surface area (Å²) in [5, 5.41) is 0. The predicted molar refractivity (Wildman–Crippen MR) is 82.6 cm³/mol. The second-order valence-corrected chi connectivity index (χ2v) is 5.75. The summed E-state index contributed by atoms with van der Waals surface area (Å²) in [4.78, 5) is 12.1. The minimum atomic E-state index is 0.395. The lowest BCUT2D eigenvalue weighted by atomic mass is 9.91. The quantitative estimate of drug-likeness (QED) is 0.641. The van der Waals surface area contributed by atoms with E-state index in [9.17, 15) is 4.79 Å². The van der Waals surface area contributed by atoms with Gasteiger partial charge in [0, 0.05) is 12.8 Å². The third-order valence-electron chi connectivity index (χ3n) is 4.03. The van der Waals surface area contributed by atoms with Crippen molar-refractivity contribution in [3.05, 3.63) is 34.9 Å².